The minimum Gasteiger partial charge on any atom is -0.307 e. The van der Waals surface area contributed by atoms with Crippen LogP contribution in [0.3, 0.4) is 0 Å². The van der Waals surface area contributed by atoms with Crippen molar-refractivity contribution in [3.05, 3.63) is 57.7 Å². The monoisotopic (exact) mass is 316 g/mol. The molecule has 1 heterocycles. The van der Waals surface area contributed by atoms with Crippen LogP contribution >= 0.6 is 35.6 Å². The summed E-state index contributed by atoms with van der Waals surface area (Å²) in [6, 6.07) is 10.1. The molecule has 1 aromatic carbocycles. The molecule has 1 amide bonds. The number of aryl methyl sites for hydroxylation is 1. The van der Waals surface area contributed by atoms with E-state index in [-0.39, 0.29) is 18.3 Å². The largest absolute Gasteiger partial charge is 0.307 e. The van der Waals surface area contributed by atoms with Gasteiger partial charge >= 0.3 is 0 Å². The highest BCUT2D eigenvalue weighted by atomic mass is 35.5. The first-order valence-corrected chi connectivity index (χ1v) is 6.02. The van der Waals surface area contributed by atoms with Gasteiger partial charge in [-0.05, 0) is 37.3 Å². The van der Waals surface area contributed by atoms with Crippen molar-refractivity contribution in [3.8, 4) is 0 Å². The molecular weight excluding hydrogens is 307 g/mol. The third-order valence-corrected chi connectivity index (χ3v) is 3.05. The number of aromatic nitrogens is 1. The van der Waals surface area contributed by atoms with Crippen molar-refractivity contribution in [2.24, 2.45) is 0 Å². The lowest BCUT2D eigenvalue weighted by atomic mass is 10.2. The predicted octanol–water partition coefficient (Wildman–Crippen LogP) is 4.37. The second kappa shape index (κ2) is 6.75. The van der Waals surface area contributed by atoms with Crippen LogP contribution in [0.2, 0.25) is 10.0 Å². The van der Waals surface area contributed by atoms with Gasteiger partial charge in [0.25, 0.3) is 5.91 Å². The summed E-state index contributed by atoms with van der Waals surface area (Å²) in [5, 5.41) is 3.46. The van der Waals surface area contributed by atoms with E-state index in [1.807, 2.05) is 19.1 Å². The molecule has 0 unspecified atom stereocenters. The van der Waals surface area contributed by atoms with E-state index >= 15 is 0 Å². The molecule has 0 aliphatic heterocycles. The number of anilines is 1. The van der Waals surface area contributed by atoms with Gasteiger partial charge < -0.3 is 5.32 Å². The smallest absolute Gasteiger partial charge is 0.256 e. The van der Waals surface area contributed by atoms with Crippen LogP contribution in [0.25, 0.3) is 0 Å². The summed E-state index contributed by atoms with van der Waals surface area (Å²) in [5.41, 5.74) is 1.27. The Bertz CT molecular complexity index is 602. The number of nitrogens with zero attached hydrogens (tertiary/aromatic N) is 1. The van der Waals surface area contributed by atoms with E-state index in [9.17, 15) is 4.79 Å². The summed E-state index contributed by atoms with van der Waals surface area (Å²) >= 11 is 11.6. The van der Waals surface area contributed by atoms with Crippen molar-refractivity contribution in [2.45, 2.75) is 6.92 Å². The van der Waals surface area contributed by atoms with Crippen LogP contribution in [0.15, 0.2) is 36.4 Å². The minimum absolute atomic E-state index is 0. The standard InChI is InChI=1S/C13H10Cl2N2O.ClH/c1-8-3-2-4-12(16-8)17-13(18)9-5-6-10(14)11(15)7-9;/h2-7H,1H3,(H,16,17,18);1H. The highest BCUT2D eigenvalue weighted by Gasteiger charge is 2.08. The van der Waals surface area contributed by atoms with Gasteiger partial charge in [0.2, 0.25) is 0 Å². The van der Waals surface area contributed by atoms with E-state index in [0.717, 1.165) is 5.69 Å². The number of amides is 1. The van der Waals surface area contributed by atoms with Crippen LogP contribution in [0, 0.1) is 6.92 Å². The van der Waals surface area contributed by atoms with E-state index in [1.54, 1.807) is 18.2 Å². The fraction of sp³-hybridized carbons (Fsp3) is 0.0769. The van der Waals surface area contributed by atoms with Gasteiger partial charge in [-0.2, -0.15) is 0 Å². The van der Waals surface area contributed by atoms with Crippen LogP contribution < -0.4 is 5.32 Å². The topological polar surface area (TPSA) is 42.0 Å². The van der Waals surface area contributed by atoms with Crippen molar-refractivity contribution in [1.82, 2.24) is 4.98 Å². The second-order valence-electron chi connectivity index (χ2n) is 3.75. The molecule has 0 atom stereocenters. The summed E-state index contributed by atoms with van der Waals surface area (Å²) < 4.78 is 0. The average Bonchev–Trinajstić information content (AvgIpc) is 2.32. The molecule has 0 aliphatic carbocycles. The van der Waals surface area contributed by atoms with Crippen molar-refractivity contribution in [2.75, 3.05) is 5.32 Å². The highest BCUT2D eigenvalue weighted by Crippen LogP contribution is 2.22. The maximum Gasteiger partial charge on any atom is 0.256 e. The fourth-order valence-electron chi connectivity index (χ4n) is 1.44. The van der Waals surface area contributed by atoms with Gasteiger partial charge in [-0.15, -0.1) is 12.4 Å². The lowest BCUT2D eigenvalue weighted by Crippen LogP contribution is -2.13. The zero-order valence-corrected chi connectivity index (χ0v) is 12.3. The maximum atomic E-state index is 11.9. The number of hydrogen-bond acceptors (Lipinski definition) is 2. The fourth-order valence-corrected chi connectivity index (χ4v) is 1.74. The number of pyridine rings is 1. The van der Waals surface area contributed by atoms with Gasteiger partial charge in [-0.25, -0.2) is 4.98 Å². The van der Waals surface area contributed by atoms with E-state index in [1.165, 1.54) is 6.07 Å². The normalized spacial score (nSPS) is 9.63. The number of hydrogen-bond donors (Lipinski definition) is 1. The molecule has 0 bridgehead atoms. The Balaban J connectivity index is 0.00000180. The van der Waals surface area contributed by atoms with Crippen LogP contribution in [0.5, 0.6) is 0 Å². The first-order chi connectivity index (χ1) is 8.56. The molecule has 1 N–H and O–H groups in total. The van der Waals surface area contributed by atoms with E-state index < -0.39 is 0 Å². The van der Waals surface area contributed by atoms with E-state index in [2.05, 4.69) is 10.3 Å². The zero-order chi connectivity index (χ0) is 13.1. The molecule has 19 heavy (non-hydrogen) atoms. The molecule has 1 aromatic heterocycles. The van der Waals surface area contributed by atoms with Crippen molar-refractivity contribution >= 4 is 47.3 Å². The Labute approximate surface area is 127 Å². The first-order valence-electron chi connectivity index (χ1n) is 5.26. The summed E-state index contributed by atoms with van der Waals surface area (Å²) in [4.78, 5) is 16.1. The Morgan fingerprint density at radius 3 is 2.53 bits per heavy atom. The number of nitrogens with one attached hydrogen (secondary N) is 1. The number of carbonyl (C=O) groups is 1. The molecule has 3 nitrogen and oxygen atoms in total. The molecule has 0 fully saturated rings. The maximum absolute atomic E-state index is 11.9. The summed E-state index contributed by atoms with van der Waals surface area (Å²) in [6.07, 6.45) is 0. The molecule has 100 valence electrons. The Hall–Kier alpha value is -1.29. The Morgan fingerprint density at radius 2 is 1.89 bits per heavy atom. The van der Waals surface area contributed by atoms with E-state index in [4.69, 9.17) is 23.2 Å². The van der Waals surface area contributed by atoms with Gasteiger partial charge in [-0.3, -0.25) is 4.79 Å². The summed E-state index contributed by atoms with van der Waals surface area (Å²) in [7, 11) is 0. The molecule has 0 spiro atoms. The molecular formula is C13H11Cl3N2O. The summed E-state index contributed by atoms with van der Waals surface area (Å²) in [6.45, 7) is 1.86. The Morgan fingerprint density at radius 1 is 1.16 bits per heavy atom. The first kappa shape index (κ1) is 15.8. The SMILES string of the molecule is Cc1cccc(NC(=O)c2ccc(Cl)c(Cl)c2)n1.Cl. The second-order valence-corrected chi connectivity index (χ2v) is 4.56. The third-order valence-electron chi connectivity index (χ3n) is 2.31. The van der Waals surface area contributed by atoms with Gasteiger partial charge in [0, 0.05) is 11.3 Å². The van der Waals surface area contributed by atoms with Gasteiger partial charge in [0.05, 0.1) is 10.0 Å². The number of carbonyl (C=O) groups excluding carboxylic acids is 1. The molecule has 0 saturated carbocycles. The van der Waals surface area contributed by atoms with Crippen LogP contribution in [-0.2, 0) is 0 Å². The average molecular weight is 318 g/mol. The zero-order valence-electron chi connectivity index (χ0n) is 9.98. The third kappa shape index (κ3) is 4.10. The molecule has 6 heteroatoms. The van der Waals surface area contributed by atoms with Crippen LogP contribution in [0.1, 0.15) is 16.1 Å². The van der Waals surface area contributed by atoms with Gasteiger partial charge in [0.15, 0.2) is 0 Å². The van der Waals surface area contributed by atoms with Gasteiger partial charge in [-0.1, -0.05) is 29.3 Å². The van der Waals surface area contributed by atoms with E-state index in [0.29, 0.717) is 21.4 Å². The minimum atomic E-state index is -0.272. The molecule has 2 rings (SSSR count). The summed E-state index contributed by atoms with van der Waals surface area (Å²) in [5.74, 6) is 0.234. The van der Waals surface area contributed by atoms with Crippen LogP contribution in [0.4, 0.5) is 5.82 Å². The van der Waals surface area contributed by atoms with Crippen molar-refractivity contribution in [3.63, 3.8) is 0 Å². The highest BCUT2D eigenvalue weighted by molar-refractivity contribution is 6.42. The van der Waals surface area contributed by atoms with Crippen molar-refractivity contribution in [1.29, 1.82) is 0 Å². The van der Waals surface area contributed by atoms with Crippen molar-refractivity contribution < 1.29 is 4.79 Å². The number of halogens is 3. The lowest BCUT2D eigenvalue weighted by Gasteiger charge is -2.05. The van der Waals surface area contributed by atoms with Crippen LogP contribution in [-0.4, -0.2) is 10.9 Å². The van der Waals surface area contributed by atoms with Gasteiger partial charge in [0.1, 0.15) is 5.82 Å². The number of rotatable bonds is 2. The molecule has 0 radical (unpaired) electrons. The number of benzene rings is 1. The molecule has 2 aromatic rings. The molecule has 0 saturated heterocycles. The quantitative estimate of drug-likeness (QED) is 0.893. The Kier molecular flexibility index (Phi) is 5.60. The molecule has 0 aliphatic rings. The predicted molar refractivity (Wildman–Crippen MR) is 80.6 cm³/mol. The lowest BCUT2D eigenvalue weighted by molar-refractivity contribution is 0.102.